The fraction of sp³-hybridized carbons (Fsp3) is 0.375. The largest absolute Gasteiger partial charge is 0.379 e. The number of nitrogens with zero attached hydrogens (tertiary/aromatic N) is 1. The summed E-state index contributed by atoms with van der Waals surface area (Å²) in [4.78, 5) is 25.7. The Hall–Kier alpha value is -1.65. The van der Waals surface area contributed by atoms with E-state index in [1.165, 1.54) is 4.90 Å². The minimum absolute atomic E-state index is 0.00372. The number of hydrogen-bond donors (Lipinski definition) is 0. The lowest BCUT2D eigenvalue weighted by Crippen LogP contribution is -2.33. The van der Waals surface area contributed by atoms with Crippen molar-refractivity contribution in [3.8, 4) is 0 Å². The van der Waals surface area contributed by atoms with Crippen LogP contribution in [0.25, 0.3) is 5.57 Å². The highest BCUT2D eigenvalue weighted by atomic mass is 35.5. The highest BCUT2D eigenvalue weighted by Gasteiger charge is 2.37. The summed E-state index contributed by atoms with van der Waals surface area (Å²) in [6, 6.07) is 9.01. The molecule has 4 nitrogen and oxygen atoms in total. The van der Waals surface area contributed by atoms with Crippen LogP contribution in [0.15, 0.2) is 35.4 Å². The van der Waals surface area contributed by atoms with Crippen molar-refractivity contribution >= 4 is 29.0 Å². The van der Waals surface area contributed by atoms with Gasteiger partial charge in [-0.1, -0.05) is 41.9 Å². The van der Waals surface area contributed by atoms with E-state index in [0.29, 0.717) is 25.1 Å². The van der Waals surface area contributed by atoms with Gasteiger partial charge < -0.3 is 4.74 Å². The first kappa shape index (κ1) is 15.7. The van der Waals surface area contributed by atoms with E-state index in [2.05, 4.69) is 0 Å². The molecular formula is C16H18ClNO3. The summed E-state index contributed by atoms with van der Waals surface area (Å²) in [5.41, 5.74) is 0.953. The lowest BCUT2D eigenvalue weighted by molar-refractivity contribution is -0.136. The molecule has 0 aliphatic carbocycles. The second kappa shape index (κ2) is 6.87. The first-order valence-corrected chi connectivity index (χ1v) is 7.33. The first-order valence-electron chi connectivity index (χ1n) is 6.95. The van der Waals surface area contributed by atoms with Crippen LogP contribution >= 0.6 is 11.6 Å². The molecule has 0 aromatic heterocycles. The average Bonchev–Trinajstić information content (AvgIpc) is 2.67. The molecule has 5 heteroatoms. The van der Waals surface area contributed by atoms with E-state index in [1.54, 1.807) is 12.1 Å². The summed E-state index contributed by atoms with van der Waals surface area (Å²) in [7, 11) is 0. The van der Waals surface area contributed by atoms with Crippen LogP contribution in [0.1, 0.15) is 25.8 Å². The zero-order valence-electron chi connectivity index (χ0n) is 12.1. The molecule has 0 fully saturated rings. The Balaban J connectivity index is 2.06. The highest BCUT2D eigenvalue weighted by molar-refractivity contribution is 6.55. The van der Waals surface area contributed by atoms with Gasteiger partial charge in [-0.15, -0.1) is 0 Å². The zero-order chi connectivity index (χ0) is 15.4. The number of rotatable bonds is 6. The van der Waals surface area contributed by atoms with Crippen LogP contribution in [0, 0.1) is 0 Å². The molecule has 0 atom stereocenters. The predicted molar refractivity (Wildman–Crippen MR) is 81.6 cm³/mol. The summed E-state index contributed by atoms with van der Waals surface area (Å²) in [6.45, 7) is 4.71. The lowest BCUT2D eigenvalue weighted by Gasteiger charge is -2.15. The Labute approximate surface area is 129 Å². The number of halogens is 1. The van der Waals surface area contributed by atoms with Crippen LogP contribution in [-0.2, 0) is 14.3 Å². The molecule has 1 aromatic rings. The average molecular weight is 308 g/mol. The highest BCUT2D eigenvalue weighted by Crippen LogP contribution is 2.31. The minimum Gasteiger partial charge on any atom is -0.379 e. The van der Waals surface area contributed by atoms with Gasteiger partial charge in [0, 0.05) is 13.2 Å². The van der Waals surface area contributed by atoms with Gasteiger partial charge in [0.25, 0.3) is 11.8 Å². The second-order valence-corrected chi connectivity index (χ2v) is 5.47. The van der Waals surface area contributed by atoms with Gasteiger partial charge in [-0.2, -0.15) is 0 Å². The third-order valence-electron chi connectivity index (χ3n) is 3.15. The van der Waals surface area contributed by atoms with Crippen LogP contribution in [0.3, 0.4) is 0 Å². The maximum atomic E-state index is 12.4. The second-order valence-electron chi connectivity index (χ2n) is 5.09. The van der Waals surface area contributed by atoms with Crippen molar-refractivity contribution in [1.29, 1.82) is 0 Å². The van der Waals surface area contributed by atoms with E-state index >= 15 is 0 Å². The molecule has 0 radical (unpaired) electrons. The van der Waals surface area contributed by atoms with Crippen molar-refractivity contribution in [1.82, 2.24) is 4.90 Å². The van der Waals surface area contributed by atoms with Crippen molar-refractivity contribution in [3.63, 3.8) is 0 Å². The van der Waals surface area contributed by atoms with Crippen LogP contribution < -0.4 is 0 Å². The number of benzene rings is 1. The fourth-order valence-electron chi connectivity index (χ4n) is 2.15. The number of ether oxygens (including phenoxy) is 1. The number of amides is 2. The molecule has 21 heavy (non-hydrogen) atoms. The molecule has 1 aliphatic rings. The van der Waals surface area contributed by atoms with Crippen molar-refractivity contribution in [2.24, 2.45) is 0 Å². The number of hydrogen-bond acceptors (Lipinski definition) is 3. The van der Waals surface area contributed by atoms with E-state index in [0.717, 1.165) is 0 Å². The molecule has 0 bridgehead atoms. The van der Waals surface area contributed by atoms with Gasteiger partial charge in [-0.25, -0.2) is 0 Å². The molecule has 2 amide bonds. The van der Waals surface area contributed by atoms with E-state index in [4.69, 9.17) is 16.3 Å². The van der Waals surface area contributed by atoms with Crippen LogP contribution in [0.5, 0.6) is 0 Å². The van der Waals surface area contributed by atoms with Crippen LogP contribution in [0.2, 0.25) is 0 Å². The van der Waals surface area contributed by atoms with Crippen LogP contribution in [-0.4, -0.2) is 36.0 Å². The molecule has 0 N–H and O–H groups in total. The maximum absolute atomic E-state index is 12.4. The SMILES string of the molecule is CC(C)OCCCN1C(=O)C(Cl)=C(c2ccccc2)C1=O. The standard InChI is InChI=1S/C16H18ClNO3/c1-11(2)21-10-6-9-18-15(19)13(14(17)16(18)20)12-7-4-3-5-8-12/h3-5,7-8,11H,6,9-10H2,1-2H3. The number of carbonyl (C=O) groups excluding carboxylic acids is 2. The minimum atomic E-state index is -0.426. The maximum Gasteiger partial charge on any atom is 0.273 e. The molecule has 2 rings (SSSR count). The van der Waals surface area contributed by atoms with E-state index in [-0.39, 0.29) is 22.6 Å². The summed E-state index contributed by atoms with van der Waals surface area (Å²) in [5.74, 6) is -0.759. The first-order chi connectivity index (χ1) is 10.0. The van der Waals surface area contributed by atoms with Gasteiger partial charge in [0.15, 0.2) is 0 Å². The summed E-state index contributed by atoms with van der Waals surface area (Å²) < 4.78 is 5.41. The van der Waals surface area contributed by atoms with Crippen molar-refractivity contribution in [2.75, 3.05) is 13.2 Å². The van der Waals surface area contributed by atoms with Crippen molar-refractivity contribution in [2.45, 2.75) is 26.4 Å². The summed E-state index contributed by atoms with van der Waals surface area (Å²) >= 11 is 6.05. The van der Waals surface area contributed by atoms with Gasteiger partial charge in [0.1, 0.15) is 5.03 Å². The van der Waals surface area contributed by atoms with E-state index < -0.39 is 5.91 Å². The Morgan fingerprint density at radius 3 is 2.43 bits per heavy atom. The van der Waals surface area contributed by atoms with Gasteiger partial charge in [0.05, 0.1) is 11.7 Å². The van der Waals surface area contributed by atoms with Gasteiger partial charge in [0.2, 0.25) is 0 Å². The van der Waals surface area contributed by atoms with E-state index in [9.17, 15) is 9.59 Å². The smallest absolute Gasteiger partial charge is 0.273 e. The van der Waals surface area contributed by atoms with Gasteiger partial charge >= 0.3 is 0 Å². The summed E-state index contributed by atoms with van der Waals surface area (Å²) in [6.07, 6.45) is 0.735. The molecule has 0 unspecified atom stereocenters. The Bertz CT molecular complexity index is 566. The number of imide groups is 1. The van der Waals surface area contributed by atoms with Gasteiger partial charge in [-0.05, 0) is 25.8 Å². The third-order valence-corrected chi connectivity index (χ3v) is 3.50. The fourth-order valence-corrected chi connectivity index (χ4v) is 2.44. The monoisotopic (exact) mass is 307 g/mol. The number of carbonyl (C=O) groups is 2. The lowest BCUT2D eigenvalue weighted by atomic mass is 10.1. The quantitative estimate of drug-likeness (QED) is 0.600. The predicted octanol–water partition coefficient (Wildman–Crippen LogP) is 2.82. The molecular weight excluding hydrogens is 290 g/mol. The molecule has 1 aliphatic heterocycles. The topological polar surface area (TPSA) is 46.6 Å². The third kappa shape index (κ3) is 3.52. The van der Waals surface area contributed by atoms with Crippen molar-refractivity contribution < 1.29 is 14.3 Å². The molecule has 0 saturated carbocycles. The van der Waals surface area contributed by atoms with Crippen LogP contribution in [0.4, 0.5) is 0 Å². The Morgan fingerprint density at radius 1 is 1.14 bits per heavy atom. The molecule has 0 spiro atoms. The summed E-state index contributed by atoms with van der Waals surface area (Å²) in [5, 5.41) is -0.00372. The zero-order valence-corrected chi connectivity index (χ0v) is 12.9. The Kier molecular flexibility index (Phi) is 5.15. The van der Waals surface area contributed by atoms with E-state index in [1.807, 2.05) is 32.0 Å². The van der Waals surface area contributed by atoms with Crippen molar-refractivity contribution in [3.05, 3.63) is 40.9 Å². The molecule has 112 valence electrons. The molecule has 0 saturated heterocycles. The Morgan fingerprint density at radius 2 is 1.81 bits per heavy atom. The molecule has 1 heterocycles. The van der Waals surface area contributed by atoms with Gasteiger partial charge in [-0.3, -0.25) is 14.5 Å². The normalized spacial score (nSPS) is 15.5. The molecule has 1 aromatic carbocycles.